The lowest BCUT2D eigenvalue weighted by atomic mass is 10.2. The number of carbonyl (C=O) groups excluding carboxylic acids is 1. The van der Waals surface area contributed by atoms with Crippen molar-refractivity contribution in [3.05, 3.63) is 53.8 Å². The highest BCUT2D eigenvalue weighted by Crippen LogP contribution is 2.31. The third-order valence-corrected chi connectivity index (χ3v) is 4.65. The van der Waals surface area contributed by atoms with Crippen LogP contribution in [0, 0.1) is 6.92 Å². The fraction of sp³-hybridized carbons (Fsp3) is 0.0588. The maximum absolute atomic E-state index is 12.4. The molecule has 0 spiro atoms. The molecule has 6 nitrogen and oxygen atoms in total. The molecule has 0 aliphatic rings. The third kappa shape index (κ3) is 2.49. The van der Waals surface area contributed by atoms with Crippen LogP contribution in [0.5, 0.6) is 0 Å². The first-order valence-electron chi connectivity index (χ1n) is 7.32. The number of rotatable bonds is 3. The number of aryl methyl sites for hydroxylation is 1. The molecule has 0 aliphatic carbocycles. The number of nitrogens with zero attached hydrogens (tertiary/aromatic N) is 1. The van der Waals surface area contributed by atoms with Crippen LogP contribution in [-0.2, 0) is 0 Å². The average molecular weight is 338 g/mol. The van der Waals surface area contributed by atoms with Crippen molar-refractivity contribution in [1.29, 1.82) is 0 Å². The quantitative estimate of drug-likeness (QED) is 0.389. The van der Waals surface area contributed by atoms with Gasteiger partial charge in [0.1, 0.15) is 5.58 Å². The Hall–Kier alpha value is -2.90. The smallest absolute Gasteiger partial charge is 0.291 e. The van der Waals surface area contributed by atoms with Crippen LogP contribution in [0.3, 0.4) is 0 Å². The van der Waals surface area contributed by atoms with Gasteiger partial charge in [0.2, 0.25) is 0 Å². The molecule has 0 atom stereocenters. The zero-order chi connectivity index (χ0) is 16.7. The van der Waals surface area contributed by atoms with Gasteiger partial charge in [0.15, 0.2) is 10.9 Å². The summed E-state index contributed by atoms with van der Waals surface area (Å²) >= 11 is 1.43. The summed E-state index contributed by atoms with van der Waals surface area (Å²) in [6.07, 6.45) is 0. The van der Waals surface area contributed by atoms with Gasteiger partial charge in [0.25, 0.3) is 5.91 Å². The van der Waals surface area contributed by atoms with Crippen molar-refractivity contribution in [1.82, 2.24) is 4.98 Å². The highest BCUT2D eigenvalue weighted by atomic mass is 32.1. The Morgan fingerprint density at radius 1 is 1.25 bits per heavy atom. The largest absolute Gasteiger partial charge is 0.451 e. The molecule has 1 amide bonds. The molecule has 0 saturated heterocycles. The second kappa shape index (κ2) is 5.63. The van der Waals surface area contributed by atoms with Crippen LogP contribution in [0.4, 0.5) is 10.8 Å². The number of amides is 1. The topological polar surface area (TPSA) is 93.2 Å². The molecule has 120 valence electrons. The summed E-state index contributed by atoms with van der Waals surface area (Å²) in [5, 5.41) is 4.41. The number of anilines is 2. The summed E-state index contributed by atoms with van der Waals surface area (Å²) in [5.41, 5.74) is 5.77. The molecule has 2 aromatic heterocycles. The summed E-state index contributed by atoms with van der Waals surface area (Å²) in [7, 11) is 0. The number of thiazole rings is 1. The zero-order valence-electron chi connectivity index (χ0n) is 12.8. The number of benzene rings is 2. The van der Waals surface area contributed by atoms with Crippen LogP contribution in [0.25, 0.3) is 21.2 Å². The maximum Gasteiger partial charge on any atom is 0.291 e. The minimum absolute atomic E-state index is 0.280. The number of aromatic nitrogens is 1. The van der Waals surface area contributed by atoms with E-state index in [2.05, 4.69) is 15.7 Å². The van der Waals surface area contributed by atoms with Gasteiger partial charge in [-0.1, -0.05) is 29.5 Å². The predicted octanol–water partition coefficient (Wildman–Crippen LogP) is 3.89. The Balaban J connectivity index is 1.66. The Bertz CT molecular complexity index is 1030. The van der Waals surface area contributed by atoms with Gasteiger partial charge in [-0.15, -0.1) is 0 Å². The standard InChI is InChI=1S/C17H14N4O2S/c1-9-6-11(8-14-15(9)20-17(21-18)24-14)19-16(22)13-7-10-4-2-3-5-12(10)23-13/h2-8H,18H2,1H3,(H,19,22)(H,20,21). The van der Waals surface area contributed by atoms with Crippen LogP contribution in [-0.4, -0.2) is 10.9 Å². The number of nitrogens with one attached hydrogen (secondary N) is 2. The average Bonchev–Trinajstić information content (AvgIpc) is 3.18. The molecule has 0 aliphatic heterocycles. The summed E-state index contributed by atoms with van der Waals surface area (Å²) in [4.78, 5) is 16.8. The molecule has 4 aromatic rings. The molecule has 2 aromatic carbocycles. The number of carbonyl (C=O) groups is 1. The van der Waals surface area contributed by atoms with E-state index in [1.165, 1.54) is 11.3 Å². The minimum Gasteiger partial charge on any atom is -0.451 e. The monoisotopic (exact) mass is 338 g/mol. The summed E-state index contributed by atoms with van der Waals surface area (Å²) in [6.45, 7) is 1.94. The normalized spacial score (nSPS) is 11.1. The number of nitrogen functional groups attached to an aromatic ring is 1. The molecule has 2 heterocycles. The first-order valence-corrected chi connectivity index (χ1v) is 8.13. The second-order valence-electron chi connectivity index (χ2n) is 5.41. The summed E-state index contributed by atoms with van der Waals surface area (Å²) in [5.74, 6) is 5.41. The third-order valence-electron chi connectivity index (χ3n) is 3.72. The summed E-state index contributed by atoms with van der Waals surface area (Å²) < 4.78 is 6.54. The maximum atomic E-state index is 12.4. The molecular weight excluding hydrogens is 324 g/mol. The molecule has 0 bridgehead atoms. The van der Waals surface area contributed by atoms with Crippen molar-refractivity contribution in [2.24, 2.45) is 5.84 Å². The van der Waals surface area contributed by atoms with Gasteiger partial charge < -0.3 is 9.73 Å². The molecule has 0 unspecified atom stereocenters. The van der Waals surface area contributed by atoms with Crippen LogP contribution in [0.1, 0.15) is 16.1 Å². The Labute approximate surface area is 141 Å². The van der Waals surface area contributed by atoms with Gasteiger partial charge in [-0.25, -0.2) is 10.8 Å². The van der Waals surface area contributed by atoms with E-state index in [4.69, 9.17) is 10.3 Å². The molecule has 0 fully saturated rings. The Morgan fingerprint density at radius 3 is 2.88 bits per heavy atom. The highest BCUT2D eigenvalue weighted by molar-refractivity contribution is 7.22. The molecule has 4 N–H and O–H groups in total. The number of hydrazine groups is 1. The molecule has 0 radical (unpaired) electrons. The SMILES string of the molecule is Cc1cc(NC(=O)c2cc3ccccc3o2)cc2sc(NN)nc12. The highest BCUT2D eigenvalue weighted by Gasteiger charge is 2.14. The van der Waals surface area contributed by atoms with Crippen LogP contribution in [0.15, 0.2) is 46.9 Å². The van der Waals surface area contributed by atoms with Crippen LogP contribution >= 0.6 is 11.3 Å². The first-order chi connectivity index (χ1) is 11.6. The lowest BCUT2D eigenvalue weighted by Gasteiger charge is -2.04. The fourth-order valence-corrected chi connectivity index (χ4v) is 3.51. The number of furan rings is 1. The van der Waals surface area contributed by atoms with E-state index in [0.717, 1.165) is 21.2 Å². The van der Waals surface area contributed by atoms with Crippen molar-refractivity contribution in [2.45, 2.75) is 6.92 Å². The van der Waals surface area contributed by atoms with E-state index in [1.54, 1.807) is 6.07 Å². The van der Waals surface area contributed by atoms with Gasteiger partial charge in [-0.05, 0) is 36.8 Å². The van der Waals surface area contributed by atoms with Crippen molar-refractivity contribution < 1.29 is 9.21 Å². The second-order valence-corrected chi connectivity index (χ2v) is 6.44. The van der Waals surface area contributed by atoms with Gasteiger partial charge in [0, 0.05) is 11.1 Å². The number of para-hydroxylation sites is 1. The molecule has 4 rings (SSSR count). The number of hydrogen-bond acceptors (Lipinski definition) is 6. The zero-order valence-corrected chi connectivity index (χ0v) is 13.6. The Kier molecular flexibility index (Phi) is 3.44. The van der Waals surface area contributed by atoms with Crippen molar-refractivity contribution in [2.75, 3.05) is 10.7 Å². The lowest BCUT2D eigenvalue weighted by molar-refractivity contribution is 0.0998. The first kappa shape index (κ1) is 14.7. The number of hydrogen-bond donors (Lipinski definition) is 3. The van der Waals surface area contributed by atoms with Gasteiger partial charge in [0.05, 0.1) is 10.2 Å². The van der Waals surface area contributed by atoms with Gasteiger partial charge in [-0.2, -0.15) is 0 Å². The van der Waals surface area contributed by atoms with Crippen molar-refractivity contribution >= 4 is 49.2 Å². The van der Waals surface area contributed by atoms with Gasteiger partial charge >= 0.3 is 0 Å². The number of fused-ring (bicyclic) bond motifs is 2. The Morgan fingerprint density at radius 2 is 2.08 bits per heavy atom. The van der Waals surface area contributed by atoms with Crippen LogP contribution in [0.2, 0.25) is 0 Å². The van der Waals surface area contributed by atoms with Crippen LogP contribution < -0.4 is 16.6 Å². The predicted molar refractivity (Wildman–Crippen MR) is 96.3 cm³/mol. The van der Waals surface area contributed by atoms with E-state index in [-0.39, 0.29) is 11.7 Å². The van der Waals surface area contributed by atoms with Crippen molar-refractivity contribution in [3.8, 4) is 0 Å². The number of nitrogens with two attached hydrogens (primary N) is 1. The fourth-order valence-electron chi connectivity index (χ4n) is 2.62. The van der Waals surface area contributed by atoms with Crippen molar-refractivity contribution in [3.63, 3.8) is 0 Å². The summed E-state index contributed by atoms with van der Waals surface area (Å²) in [6, 6.07) is 13.0. The van der Waals surface area contributed by atoms with E-state index in [9.17, 15) is 4.79 Å². The molecule has 0 saturated carbocycles. The minimum atomic E-state index is -0.286. The van der Waals surface area contributed by atoms with E-state index >= 15 is 0 Å². The molecule has 24 heavy (non-hydrogen) atoms. The molecular formula is C17H14N4O2S. The molecule has 7 heteroatoms. The van der Waals surface area contributed by atoms with E-state index in [0.29, 0.717) is 16.4 Å². The van der Waals surface area contributed by atoms with E-state index < -0.39 is 0 Å². The van der Waals surface area contributed by atoms with Gasteiger partial charge in [-0.3, -0.25) is 10.2 Å². The van der Waals surface area contributed by atoms with E-state index in [1.807, 2.05) is 43.3 Å². The lowest BCUT2D eigenvalue weighted by Crippen LogP contribution is -2.10.